The zero-order chi connectivity index (χ0) is 14.1. The van der Waals surface area contributed by atoms with Crippen molar-refractivity contribution in [3.63, 3.8) is 0 Å². The summed E-state index contributed by atoms with van der Waals surface area (Å²) >= 11 is 0. The molecule has 0 saturated carbocycles. The molecule has 2 nitrogen and oxygen atoms in total. The molecular weight excluding hydrogens is 234 g/mol. The standard InChI is InChI=1S/C17H27NO/c1-5-12-18-13-6-7-15(4)16-8-10-17(11-9-16)19-14(2)3/h7-11,14,18H,5-6,12-13H2,1-4H3. The maximum absolute atomic E-state index is 5.64. The highest BCUT2D eigenvalue weighted by molar-refractivity contribution is 5.64. The van der Waals surface area contributed by atoms with Crippen LogP contribution in [0.2, 0.25) is 0 Å². The van der Waals surface area contributed by atoms with E-state index < -0.39 is 0 Å². The monoisotopic (exact) mass is 261 g/mol. The Hall–Kier alpha value is -1.28. The molecule has 0 bridgehead atoms. The summed E-state index contributed by atoms with van der Waals surface area (Å²) in [6.45, 7) is 10.6. The summed E-state index contributed by atoms with van der Waals surface area (Å²) in [5.74, 6) is 0.941. The molecule has 1 aromatic rings. The maximum atomic E-state index is 5.64. The average Bonchev–Trinajstić information content (AvgIpc) is 2.38. The van der Waals surface area contributed by atoms with Gasteiger partial charge in [0.2, 0.25) is 0 Å². The van der Waals surface area contributed by atoms with Crippen LogP contribution in [0.15, 0.2) is 30.3 Å². The number of hydrogen-bond acceptors (Lipinski definition) is 2. The van der Waals surface area contributed by atoms with Crippen molar-refractivity contribution < 1.29 is 4.74 Å². The summed E-state index contributed by atoms with van der Waals surface area (Å²) in [4.78, 5) is 0. The van der Waals surface area contributed by atoms with E-state index in [1.807, 2.05) is 26.0 Å². The van der Waals surface area contributed by atoms with Crippen LogP contribution in [0.25, 0.3) is 5.57 Å². The number of ether oxygens (including phenoxy) is 1. The highest BCUT2D eigenvalue weighted by Gasteiger charge is 1.99. The van der Waals surface area contributed by atoms with Crippen molar-refractivity contribution >= 4 is 5.57 Å². The summed E-state index contributed by atoms with van der Waals surface area (Å²) in [6, 6.07) is 8.34. The first-order valence-electron chi connectivity index (χ1n) is 7.28. The fraction of sp³-hybridized carbons (Fsp3) is 0.529. The Kier molecular flexibility index (Phi) is 7.27. The van der Waals surface area contributed by atoms with Gasteiger partial charge in [0.1, 0.15) is 5.75 Å². The third kappa shape index (κ3) is 6.44. The van der Waals surface area contributed by atoms with E-state index in [4.69, 9.17) is 4.74 Å². The van der Waals surface area contributed by atoms with Crippen LogP contribution in [-0.4, -0.2) is 19.2 Å². The third-order valence-corrected chi connectivity index (χ3v) is 2.88. The molecule has 0 aromatic heterocycles. The normalized spacial score (nSPS) is 11.9. The molecule has 106 valence electrons. The molecule has 0 aliphatic carbocycles. The molecule has 0 aliphatic rings. The van der Waals surface area contributed by atoms with E-state index >= 15 is 0 Å². The second-order valence-electron chi connectivity index (χ2n) is 5.12. The first-order chi connectivity index (χ1) is 9.13. The largest absolute Gasteiger partial charge is 0.491 e. The van der Waals surface area contributed by atoms with Gasteiger partial charge < -0.3 is 10.1 Å². The molecule has 0 amide bonds. The van der Waals surface area contributed by atoms with Crippen molar-refractivity contribution in [3.05, 3.63) is 35.9 Å². The van der Waals surface area contributed by atoms with Crippen molar-refractivity contribution in [2.75, 3.05) is 13.1 Å². The molecule has 1 aromatic carbocycles. The van der Waals surface area contributed by atoms with E-state index in [1.54, 1.807) is 0 Å². The molecular formula is C17H27NO. The molecule has 0 radical (unpaired) electrons. The number of benzene rings is 1. The molecule has 0 fully saturated rings. The predicted molar refractivity (Wildman–Crippen MR) is 83.6 cm³/mol. The Balaban J connectivity index is 2.47. The van der Waals surface area contributed by atoms with E-state index in [0.717, 1.165) is 25.3 Å². The number of allylic oxidation sites excluding steroid dienone is 1. The summed E-state index contributed by atoms with van der Waals surface area (Å²) in [7, 11) is 0. The second-order valence-corrected chi connectivity index (χ2v) is 5.12. The first kappa shape index (κ1) is 15.8. The third-order valence-electron chi connectivity index (χ3n) is 2.88. The molecule has 19 heavy (non-hydrogen) atoms. The number of nitrogens with one attached hydrogen (secondary N) is 1. The highest BCUT2D eigenvalue weighted by Crippen LogP contribution is 2.19. The van der Waals surface area contributed by atoms with Gasteiger partial charge in [0.25, 0.3) is 0 Å². The fourth-order valence-corrected chi connectivity index (χ4v) is 1.88. The SMILES string of the molecule is CCCNCCC=C(C)c1ccc(OC(C)C)cc1. The Morgan fingerprint density at radius 3 is 2.47 bits per heavy atom. The number of hydrogen-bond donors (Lipinski definition) is 1. The topological polar surface area (TPSA) is 21.3 Å². The van der Waals surface area contributed by atoms with E-state index in [-0.39, 0.29) is 6.10 Å². The molecule has 0 atom stereocenters. The maximum Gasteiger partial charge on any atom is 0.119 e. The first-order valence-corrected chi connectivity index (χ1v) is 7.28. The van der Waals surface area contributed by atoms with Crippen molar-refractivity contribution in [1.29, 1.82) is 0 Å². The average molecular weight is 261 g/mol. The van der Waals surface area contributed by atoms with Crippen LogP contribution in [0, 0.1) is 0 Å². The molecule has 0 saturated heterocycles. The summed E-state index contributed by atoms with van der Waals surface area (Å²) in [5.41, 5.74) is 2.60. The van der Waals surface area contributed by atoms with Gasteiger partial charge in [-0.05, 0) is 70.0 Å². The van der Waals surface area contributed by atoms with Gasteiger partial charge in [-0.2, -0.15) is 0 Å². The molecule has 0 spiro atoms. The minimum Gasteiger partial charge on any atom is -0.491 e. The van der Waals surface area contributed by atoms with Gasteiger partial charge in [0, 0.05) is 0 Å². The van der Waals surface area contributed by atoms with Crippen molar-refractivity contribution in [3.8, 4) is 5.75 Å². The molecule has 0 heterocycles. The van der Waals surface area contributed by atoms with E-state index in [1.165, 1.54) is 17.6 Å². The summed E-state index contributed by atoms with van der Waals surface area (Å²) in [6.07, 6.45) is 4.80. The Morgan fingerprint density at radius 1 is 1.21 bits per heavy atom. The minimum absolute atomic E-state index is 0.229. The van der Waals surface area contributed by atoms with E-state index in [2.05, 4.69) is 37.4 Å². The van der Waals surface area contributed by atoms with Crippen molar-refractivity contribution in [2.24, 2.45) is 0 Å². The molecule has 1 rings (SSSR count). The smallest absolute Gasteiger partial charge is 0.119 e. The van der Waals surface area contributed by atoms with Crippen molar-refractivity contribution in [1.82, 2.24) is 5.32 Å². The zero-order valence-corrected chi connectivity index (χ0v) is 12.7. The number of rotatable bonds is 8. The molecule has 2 heteroatoms. The van der Waals surface area contributed by atoms with Gasteiger partial charge in [-0.15, -0.1) is 0 Å². The Bertz CT molecular complexity index is 379. The fourth-order valence-electron chi connectivity index (χ4n) is 1.88. The van der Waals surface area contributed by atoms with Crippen LogP contribution < -0.4 is 10.1 Å². The minimum atomic E-state index is 0.229. The molecule has 0 unspecified atom stereocenters. The zero-order valence-electron chi connectivity index (χ0n) is 12.7. The summed E-state index contributed by atoms with van der Waals surface area (Å²) < 4.78 is 5.64. The van der Waals surface area contributed by atoms with Crippen LogP contribution >= 0.6 is 0 Å². The lowest BCUT2D eigenvalue weighted by molar-refractivity contribution is 0.242. The van der Waals surface area contributed by atoms with Crippen LogP contribution in [0.4, 0.5) is 0 Å². The van der Waals surface area contributed by atoms with Gasteiger partial charge in [0.15, 0.2) is 0 Å². The van der Waals surface area contributed by atoms with Gasteiger partial charge >= 0.3 is 0 Å². The summed E-state index contributed by atoms with van der Waals surface area (Å²) in [5, 5.41) is 3.41. The predicted octanol–water partition coefficient (Wildman–Crippen LogP) is 4.27. The Morgan fingerprint density at radius 2 is 1.89 bits per heavy atom. The molecule has 1 N–H and O–H groups in total. The van der Waals surface area contributed by atoms with E-state index in [0.29, 0.717) is 0 Å². The quantitative estimate of drug-likeness (QED) is 0.706. The lowest BCUT2D eigenvalue weighted by atomic mass is 10.1. The van der Waals surface area contributed by atoms with Crippen LogP contribution in [0.5, 0.6) is 5.75 Å². The van der Waals surface area contributed by atoms with Gasteiger partial charge in [-0.25, -0.2) is 0 Å². The lowest BCUT2D eigenvalue weighted by Gasteiger charge is -2.10. The van der Waals surface area contributed by atoms with Crippen molar-refractivity contribution in [2.45, 2.75) is 46.6 Å². The van der Waals surface area contributed by atoms with Crippen LogP contribution in [0.1, 0.15) is 46.1 Å². The van der Waals surface area contributed by atoms with Gasteiger partial charge in [-0.3, -0.25) is 0 Å². The van der Waals surface area contributed by atoms with Gasteiger partial charge in [0.05, 0.1) is 6.10 Å². The lowest BCUT2D eigenvalue weighted by Crippen LogP contribution is -2.15. The van der Waals surface area contributed by atoms with Crippen LogP contribution in [-0.2, 0) is 0 Å². The second kappa shape index (κ2) is 8.76. The highest BCUT2D eigenvalue weighted by atomic mass is 16.5. The van der Waals surface area contributed by atoms with E-state index in [9.17, 15) is 0 Å². The Labute approximate surface area is 117 Å². The van der Waals surface area contributed by atoms with Crippen LogP contribution in [0.3, 0.4) is 0 Å². The van der Waals surface area contributed by atoms with Gasteiger partial charge in [-0.1, -0.05) is 25.1 Å². The molecule has 0 aliphatic heterocycles.